The van der Waals surface area contributed by atoms with Crippen LogP contribution in [-0.4, -0.2) is 49.8 Å². The average molecular weight is 286 g/mol. The summed E-state index contributed by atoms with van der Waals surface area (Å²) in [6, 6.07) is 0.538. The Morgan fingerprint density at radius 3 is 2.79 bits per heavy atom. The van der Waals surface area contributed by atoms with Gasteiger partial charge < -0.3 is 14.2 Å². The van der Waals surface area contributed by atoms with Crippen molar-refractivity contribution in [2.24, 2.45) is 0 Å². The molecule has 0 bridgehead atoms. The smallest absolute Gasteiger partial charge is 0.201 e. The summed E-state index contributed by atoms with van der Waals surface area (Å²) in [6.45, 7) is 7.07. The molecule has 0 aromatic carbocycles. The van der Waals surface area contributed by atoms with Gasteiger partial charge in [0.2, 0.25) is 6.29 Å². The van der Waals surface area contributed by atoms with Gasteiger partial charge in [-0.3, -0.25) is 4.90 Å². The Hall–Kier alpha value is -0.530. The second kappa shape index (κ2) is 6.76. The summed E-state index contributed by atoms with van der Waals surface area (Å²) in [5.74, 6) is 0. The van der Waals surface area contributed by atoms with Gasteiger partial charge in [-0.05, 0) is 13.8 Å². The second-order valence-corrected chi connectivity index (χ2v) is 5.75. The molecule has 0 spiro atoms. The molecule has 0 aliphatic carbocycles. The van der Waals surface area contributed by atoms with Crippen LogP contribution in [0.1, 0.15) is 36.9 Å². The highest BCUT2D eigenvalue weighted by molar-refractivity contribution is 7.09. The van der Waals surface area contributed by atoms with Gasteiger partial charge in [-0.25, -0.2) is 4.98 Å². The van der Waals surface area contributed by atoms with Crippen molar-refractivity contribution in [2.45, 2.75) is 32.3 Å². The molecule has 0 radical (unpaired) electrons. The van der Waals surface area contributed by atoms with Crippen LogP contribution >= 0.6 is 11.3 Å². The van der Waals surface area contributed by atoms with Gasteiger partial charge in [0.15, 0.2) is 0 Å². The average Bonchev–Trinajstić information content (AvgIpc) is 2.90. The lowest BCUT2D eigenvalue weighted by Crippen LogP contribution is -2.42. The molecule has 1 fully saturated rings. The largest absolute Gasteiger partial charge is 0.368 e. The summed E-state index contributed by atoms with van der Waals surface area (Å²) in [4.78, 5) is 7.00. The number of hydrogen-bond donors (Lipinski definition) is 0. The van der Waals surface area contributed by atoms with E-state index in [2.05, 4.69) is 23.7 Å². The highest BCUT2D eigenvalue weighted by Crippen LogP contribution is 2.28. The van der Waals surface area contributed by atoms with Crippen molar-refractivity contribution in [1.29, 1.82) is 0 Å². The minimum Gasteiger partial charge on any atom is -0.368 e. The molecule has 1 unspecified atom stereocenters. The van der Waals surface area contributed by atoms with Crippen LogP contribution in [0.25, 0.3) is 0 Å². The second-order valence-electron chi connectivity index (χ2n) is 4.86. The standard InChI is InChI=1S/C13H22N2O3S/c1-9(2)15-5-6-18-11(7-15)12-14-10(8-19-12)13(16-3)17-4/h8-9,11,13H,5-7H2,1-4H3. The van der Waals surface area contributed by atoms with E-state index in [1.807, 2.05) is 5.38 Å². The number of nitrogens with zero attached hydrogens (tertiary/aromatic N) is 2. The van der Waals surface area contributed by atoms with Crippen molar-refractivity contribution in [3.8, 4) is 0 Å². The first-order valence-electron chi connectivity index (χ1n) is 6.52. The predicted molar refractivity (Wildman–Crippen MR) is 74.3 cm³/mol. The molecule has 0 amide bonds. The van der Waals surface area contributed by atoms with E-state index in [4.69, 9.17) is 14.2 Å². The molecule has 6 heteroatoms. The molecule has 1 atom stereocenters. The van der Waals surface area contributed by atoms with E-state index in [0.29, 0.717) is 6.04 Å². The van der Waals surface area contributed by atoms with Gasteiger partial charge in [-0.2, -0.15) is 0 Å². The van der Waals surface area contributed by atoms with Gasteiger partial charge in [0, 0.05) is 38.7 Å². The zero-order valence-electron chi connectivity index (χ0n) is 12.0. The van der Waals surface area contributed by atoms with E-state index in [0.717, 1.165) is 30.4 Å². The van der Waals surface area contributed by atoms with Gasteiger partial charge in [0.1, 0.15) is 16.8 Å². The fourth-order valence-electron chi connectivity index (χ4n) is 2.18. The van der Waals surface area contributed by atoms with Gasteiger partial charge in [0.25, 0.3) is 0 Å². The van der Waals surface area contributed by atoms with Gasteiger partial charge >= 0.3 is 0 Å². The van der Waals surface area contributed by atoms with Crippen LogP contribution < -0.4 is 0 Å². The van der Waals surface area contributed by atoms with E-state index in [9.17, 15) is 0 Å². The number of methoxy groups -OCH3 is 2. The van der Waals surface area contributed by atoms with Crippen molar-refractivity contribution in [3.05, 3.63) is 16.1 Å². The molecule has 108 valence electrons. The van der Waals surface area contributed by atoms with Crippen LogP contribution in [0.5, 0.6) is 0 Å². The molecular weight excluding hydrogens is 264 g/mol. The Labute approximate surface area is 118 Å². The van der Waals surface area contributed by atoms with Crippen molar-refractivity contribution in [3.63, 3.8) is 0 Å². The Morgan fingerprint density at radius 1 is 1.42 bits per heavy atom. The number of hydrogen-bond acceptors (Lipinski definition) is 6. The number of ether oxygens (including phenoxy) is 3. The highest BCUT2D eigenvalue weighted by atomic mass is 32.1. The topological polar surface area (TPSA) is 43.8 Å². The SMILES string of the molecule is COC(OC)c1csc(C2CN(C(C)C)CCO2)n1. The fourth-order valence-corrected chi connectivity index (χ4v) is 3.04. The van der Waals surface area contributed by atoms with E-state index in [1.54, 1.807) is 25.6 Å². The third kappa shape index (κ3) is 3.52. The number of morpholine rings is 1. The molecular formula is C13H22N2O3S. The third-order valence-electron chi connectivity index (χ3n) is 3.31. The van der Waals surface area contributed by atoms with E-state index in [-0.39, 0.29) is 6.10 Å². The molecule has 1 aliphatic rings. The maximum Gasteiger partial charge on any atom is 0.201 e. The quantitative estimate of drug-likeness (QED) is 0.777. The normalized spacial score (nSPS) is 21.5. The first kappa shape index (κ1) is 14.9. The number of aromatic nitrogens is 1. The summed E-state index contributed by atoms with van der Waals surface area (Å²) in [7, 11) is 3.23. The molecule has 1 aliphatic heterocycles. The summed E-state index contributed by atoms with van der Waals surface area (Å²) >= 11 is 1.61. The monoisotopic (exact) mass is 286 g/mol. The van der Waals surface area contributed by atoms with Crippen molar-refractivity contribution >= 4 is 11.3 Å². The van der Waals surface area contributed by atoms with E-state index < -0.39 is 6.29 Å². The van der Waals surface area contributed by atoms with Crippen LogP contribution in [-0.2, 0) is 14.2 Å². The first-order chi connectivity index (χ1) is 9.15. The summed E-state index contributed by atoms with van der Waals surface area (Å²) in [5, 5.41) is 2.98. The Bertz CT molecular complexity index is 393. The third-order valence-corrected chi connectivity index (χ3v) is 4.27. The van der Waals surface area contributed by atoms with Gasteiger partial charge in [0.05, 0.1) is 6.61 Å². The van der Waals surface area contributed by atoms with Crippen LogP contribution in [0.15, 0.2) is 5.38 Å². The zero-order chi connectivity index (χ0) is 13.8. The first-order valence-corrected chi connectivity index (χ1v) is 7.40. The molecule has 0 N–H and O–H groups in total. The number of rotatable bonds is 5. The molecule has 2 heterocycles. The maximum absolute atomic E-state index is 5.83. The van der Waals surface area contributed by atoms with Crippen molar-refractivity contribution < 1.29 is 14.2 Å². The molecule has 1 aromatic rings. The van der Waals surface area contributed by atoms with Crippen LogP contribution in [0.2, 0.25) is 0 Å². The van der Waals surface area contributed by atoms with Gasteiger partial charge in [-0.1, -0.05) is 0 Å². The van der Waals surface area contributed by atoms with Crippen molar-refractivity contribution in [1.82, 2.24) is 9.88 Å². The fraction of sp³-hybridized carbons (Fsp3) is 0.769. The molecule has 0 saturated carbocycles. The minimum absolute atomic E-state index is 0.0595. The maximum atomic E-state index is 5.83. The van der Waals surface area contributed by atoms with E-state index >= 15 is 0 Å². The molecule has 19 heavy (non-hydrogen) atoms. The minimum atomic E-state index is -0.394. The lowest BCUT2D eigenvalue weighted by molar-refractivity contribution is -0.108. The van der Waals surface area contributed by atoms with Gasteiger partial charge in [-0.15, -0.1) is 11.3 Å². The molecule has 5 nitrogen and oxygen atoms in total. The summed E-state index contributed by atoms with van der Waals surface area (Å²) in [5.41, 5.74) is 0.815. The predicted octanol–water partition coefficient (Wildman–Crippen LogP) is 2.22. The Morgan fingerprint density at radius 2 is 2.16 bits per heavy atom. The molecule has 1 saturated heterocycles. The molecule has 1 aromatic heterocycles. The highest BCUT2D eigenvalue weighted by Gasteiger charge is 2.26. The number of thiazole rings is 1. The van der Waals surface area contributed by atoms with Crippen LogP contribution in [0, 0.1) is 0 Å². The van der Waals surface area contributed by atoms with E-state index in [1.165, 1.54) is 0 Å². The van der Waals surface area contributed by atoms with Crippen molar-refractivity contribution in [2.75, 3.05) is 33.9 Å². The summed E-state index contributed by atoms with van der Waals surface area (Å²) < 4.78 is 16.3. The summed E-state index contributed by atoms with van der Waals surface area (Å²) in [6.07, 6.45) is -0.334. The van der Waals surface area contributed by atoms with Crippen LogP contribution in [0.4, 0.5) is 0 Å². The van der Waals surface area contributed by atoms with Crippen LogP contribution in [0.3, 0.4) is 0 Å². The lowest BCUT2D eigenvalue weighted by atomic mass is 10.2. The molecule has 2 rings (SSSR count). The lowest BCUT2D eigenvalue weighted by Gasteiger charge is -2.34. The zero-order valence-corrected chi connectivity index (χ0v) is 12.8. The Kier molecular flexibility index (Phi) is 5.29. The Balaban J connectivity index is 2.05.